The molecule has 1 aromatic heterocycles. The zero-order chi connectivity index (χ0) is 11.4. The van der Waals surface area contributed by atoms with E-state index in [1.807, 2.05) is 12.1 Å². The van der Waals surface area contributed by atoms with Crippen LogP contribution in [0.3, 0.4) is 0 Å². The van der Waals surface area contributed by atoms with Crippen LogP contribution in [-0.2, 0) is 6.54 Å². The van der Waals surface area contributed by atoms with E-state index in [9.17, 15) is 0 Å². The summed E-state index contributed by atoms with van der Waals surface area (Å²) in [4.78, 5) is 0. The lowest BCUT2D eigenvalue weighted by Gasteiger charge is -2.03. The van der Waals surface area contributed by atoms with Gasteiger partial charge in [-0.1, -0.05) is 0 Å². The van der Waals surface area contributed by atoms with E-state index in [4.69, 9.17) is 4.74 Å². The molecule has 0 radical (unpaired) electrons. The van der Waals surface area contributed by atoms with Crippen molar-refractivity contribution in [2.75, 3.05) is 7.11 Å². The van der Waals surface area contributed by atoms with Gasteiger partial charge in [-0.05, 0) is 37.3 Å². The average molecular weight is 214 g/mol. The van der Waals surface area contributed by atoms with Crippen molar-refractivity contribution in [3.8, 4) is 17.0 Å². The van der Waals surface area contributed by atoms with Gasteiger partial charge in [-0.15, -0.1) is 0 Å². The molecule has 0 aliphatic carbocycles. The maximum Gasteiger partial charge on any atom is 0.212 e. The normalized spacial score (nSPS) is 10.1. The topological polar surface area (TPSA) is 13.1 Å². The first-order valence-corrected chi connectivity index (χ1v) is 5.48. The first kappa shape index (κ1) is 10.7. The molecule has 0 spiro atoms. The highest BCUT2D eigenvalue weighted by Crippen LogP contribution is 2.19. The van der Waals surface area contributed by atoms with Crippen molar-refractivity contribution in [1.82, 2.24) is 0 Å². The first-order chi connectivity index (χ1) is 7.85. The SMILES string of the molecule is CC[n+]1ccccc1-c1ccc(OC)cc1. The Morgan fingerprint density at radius 3 is 2.44 bits per heavy atom. The van der Waals surface area contributed by atoms with Gasteiger partial charge < -0.3 is 4.74 Å². The summed E-state index contributed by atoms with van der Waals surface area (Å²) in [7, 11) is 1.68. The van der Waals surface area contributed by atoms with Crippen LogP contribution in [0, 0.1) is 0 Å². The van der Waals surface area contributed by atoms with Gasteiger partial charge in [0.2, 0.25) is 5.69 Å². The smallest absolute Gasteiger partial charge is 0.212 e. The molecule has 0 unspecified atom stereocenters. The molecule has 16 heavy (non-hydrogen) atoms. The Morgan fingerprint density at radius 1 is 1.06 bits per heavy atom. The zero-order valence-corrected chi connectivity index (χ0v) is 9.68. The molecule has 2 nitrogen and oxygen atoms in total. The molecule has 0 amide bonds. The van der Waals surface area contributed by atoms with Gasteiger partial charge in [0.15, 0.2) is 6.20 Å². The Hall–Kier alpha value is -1.83. The van der Waals surface area contributed by atoms with Gasteiger partial charge in [0.1, 0.15) is 12.3 Å². The fourth-order valence-corrected chi connectivity index (χ4v) is 1.78. The molecule has 2 aromatic rings. The third-order valence-electron chi connectivity index (χ3n) is 2.67. The van der Waals surface area contributed by atoms with Gasteiger partial charge in [0, 0.05) is 17.7 Å². The second-order valence-electron chi connectivity index (χ2n) is 3.60. The van der Waals surface area contributed by atoms with E-state index in [0.29, 0.717) is 0 Å². The number of rotatable bonds is 3. The third kappa shape index (κ3) is 2.06. The molecule has 1 heterocycles. The summed E-state index contributed by atoms with van der Waals surface area (Å²) in [6.07, 6.45) is 2.10. The van der Waals surface area contributed by atoms with Crippen LogP contribution >= 0.6 is 0 Å². The van der Waals surface area contributed by atoms with Crippen molar-refractivity contribution in [2.24, 2.45) is 0 Å². The highest BCUT2D eigenvalue weighted by Gasteiger charge is 2.09. The highest BCUT2D eigenvalue weighted by atomic mass is 16.5. The molecule has 2 rings (SSSR count). The summed E-state index contributed by atoms with van der Waals surface area (Å²) in [5, 5.41) is 0. The summed E-state index contributed by atoms with van der Waals surface area (Å²) in [6, 6.07) is 14.4. The molecular weight excluding hydrogens is 198 g/mol. The number of hydrogen-bond acceptors (Lipinski definition) is 1. The molecular formula is C14H16NO+. The van der Waals surface area contributed by atoms with Crippen LogP contribution in [0.1, 0.15) is 6.92 Å². The largest absolute Gasteiger partial charge is 0.497 e. The summed E-state index contributed by atoms with van der Waals surface area (Å²) in [5.41, 5.74) is 2.44. The number of methoxy groups -OCH3 is 1. The van der Waals surface area contributed by atoms with E-state index in [2.05, 4.69) is 48.0 Å². The predicted octanol–water partition coefficient (Wildman–Crippen LogP) is 2.67. The Labute approximate surface area is 96.1 Å². The number of ether oxygens (including phenoxy) is 1. The number of nitrogens with zero attached hydrogens (tertiary/aromatic N) is 1. The molecule has 1 aromatic carbocycles. The minimum absolute atomic E-state index is 0.891. The van der Waals surface area contributed by atoms with Crippen LogP contribution in [-0.4, -0.2) is 7.11 Å². The summed E-state index contributed by atoms with van der Waals surface area (Å²) >= 11 is 0. The lowest BCUT2D eigenvalue weighted by molar-refractivity contribution is -0.682. The fraction of sp³-hybridized carbons (Fsp3) is 0.214. The van der Waals surface area contributed by atoms with Gasteiger partial charge in [-0.3, -0.25) is 0 Å². The molecule has 0 atom stereocenters. The van der Waals surface area contributed by atoms with Gasteiger partial charge in [0.05, 0.1) is 7.11 Å². The molecule has 0 aliphatic heterocycles. The number of aryl methyl sites for hydroxylation is 1. The van der Waals surface area contributed by atoms with Crippen molar-refractivity contribution in [2.45, 2.75) is 13.5 Å². The molecule has 82 valence electrons. The van der Waals surface area contributed by atoms with Gasteiger partial charge in [0.25, 0.3) is 0 Å². The average Bonchev–Trinajstić information content (AvgIpc) is 2.39. The number of pyridine rings is 1. The third-order valence-corrected chi connectivity index (χ3v) is 2.67. The van der Waals surface area contributed by atoms with Crippen LogP contribution in [0.2, 0.25) is 0 Å². The van der Waals surface area contributed by atoms with Crippen LogP contribution < -0.4 is 9.30 Å². The molecule has 0 saturated heterocycles. The monoisotopic (exact) mass is 214 g/mol. The van der Waals surface area contributed by atoms with Gasteiger partial charge in [-0.25, -0.2) is 0 Å². The second-order valence-corrected chi connectivity index (χ2v) is 3.60. The summed E-state index contributed by atoms with van der Waals surface area (Å²) in [6.45, 7) is 3.12. The standard InChI is InChI=1S/C14H16NO/c1-3-15-11-5-4-6-14(15)12-7-9-13(16-2)10-8-12/h4-11H,3H2,1-2H3/q+1. The van der Waals surface area contributed by atoms with Crippen LogP contribution in [0.15, 0.2) is 48.7 Å². The lowest BCUT2D eigenvalue weighted by Crippen LogP contribution is -2.34. The van der Waals surface area contributed by atoms with E-state index in [0.717, 1.165) is 12.3 Å². The lowest BCUT2D eigenvalue weighted by atomic mass is 10.1. The molecule has 2 heteroatoms. The van der Waals surface area contributed by atoms with Crippen LogP contribution in [0.5, 0.6) is 5.75 Å². The van der Waals surface area contributed by atoms with Crippen molar-refractivity contribution >= 4 is 0 Å². The Morgan fingerprint density at radius 2 is 1.81 bits per heavy atom. The molecule has 0 saturated carbocycles. The summed E-state index contributed by atoms with van der Waals surface area (Å²) in [5.74, 6) is 0.891. The highest BCUT2D eigenvalue weighted by molar-refractivity contribution is 5.57. The molecule has 0 aliphatic rings. The van der Waals surface area contributed by atoms with Crippen molar-refractivity contribution in [1.29, 1.82) is 0 Å². The van der Waals surface area contributed by atoms with E-state index in [1.165, 1.54) is 11.3 Å². The van der Waals surface area contributed by atoms with Crippen molar-refractivity contribution < 1.29 is 9.30 Å². The Kier molecular flexibility index (Phi) is 3.20. The number of benzene rings is 1. The van der Waals surface area contributed by atoms with Crippen molar-refractivity contribution in [3.63, 3.8) is 0 Å². The minimum Gasteiger partial charge on any atom is -0.497 e. The molecule has 0 fully saturated rings. The predicted molar refractivity (Wildman–Crippen MR) is 64.3 cm³/mol. The zero-order valence-electron chi connectivity index (χ0n) is 9.68. The van der Waals surface area contributed by atoms with E-state index in [1.54, 1.807) is 7.11 Å². The second kappa shape index (κ2) is 4.79. The first-order valence-electron chi connectivity index (χ1n) is 5.48. The molecule has 0 N–H and O–H groups in total. The molecule has 0 bridgehead atoms. The fourth-order valence-electron chi connectivity index (χ4n) is 1.78. The maximum absolute atomic E-state index is 5.15. The van der Waals surface area contributed by atoms with Gasteiger partial charge in [-0.2, -0.15) is 4.57 Å². The van der Waals surface area contributed by atoms with Crippen LogP contribution in [0.25, 0.3) is 11.3 Å². The Balaban J connectivity index is 2.42. The minimum atomic E-state index is 0.891. The van der Waals surface area contributed by atoms with E-state index < -0.39 is 0 Å². The number of hydrogen-bond donors (Lipinski definition) is 0. The van der Waals surface area contributed by atoms with E-state index >= 15 is 0 Å². The quantitative estimate of drug-likeness (QED) is 0.716. The maximum atomic E-state index is 5.15. The Bertz CT molecular complexity index is 462. The van der Waals surface area contributed by atoms with E-state index in [-0.39, 0.29) is 0 Å². The summed E-state index contributed by atoms with van der Waals surface area (Å²) < 4.78 is 7.38. The van der Waals surface area contributed by atoms with Crippen LogP contribution in [0.4, 0.5) is 0 Å². The number of aromatic nitrogens is 1. The van der Waals surface area contributed by atoms with Crippen molar-refractivity contribution in [3.05, 3.63) is 48.7 Å². The van der Waals surface area contributed by atoms with Gasteiger partial charge >= 0.3 is 0 Å².